The molecule has 2 aromatic rings. The van der Waals surface area contributed by atoms with Gasteiger partial charge in [-0.25, -0.2) is 4.98 Å². The highest BCUT2D eigenvalue weighted by atomic mass is 16.3. The minimum Gasteiger partial charge on any atom is -0.513 e. The van der Waals surface area contributed by atoms with Crippen LogP contribution in [0.1, 0.15) is 64.3 Å². The third kappa shape index (κ3) is 5.81. The van der Waals surface area contributed by atoms with Crippen LogP contribution in [0.5, 0.6) is 0 Å². The highest BCUT2D eigenvalue weighted by Gasteiger charge is 2.27. The van der Waals surface area contributed by atoms with Gasteiger partial charge in [0.1, 0.15) is 6.29 Å². The number of fused-ring (bicyclic) bond motifs is 2. The van der Waals surface area contributed by atoms with Gasteiger partial charge >= 0.3 is 0 Å². The quantitative estimate of drug-likeness (QED) is 0.291. The average Bonchev–Trinajstić information content (AvgIpc) is 3.13. The number of benzene rings is 1. The maximum atomic E-state index is 12.2. The van der Waals surface area contributed by atoms with E-state index in [9.17, 15) is 14.7 Å². The summed E-state index contributed by atoms with van der Waals surface area (Å²) in [6.07, 6.45) is 6.24. The molecule has 6 nitrogen and oxygen atoms in total. The number of allylic oxidation sites excluding steroid dienone is 5. The molecule has 35 heavy (non-hydrogen) atoms. The molecule has 186 valence electrons. The van der Waals surface area contributed by atoms with Crippen LogP contribution in [0.3, 0.4) is 0 Å². The summed E-state index contributed by atoms with van der Waals surface area (Å²) in [5.74, 6) is 0.366. The van der Waals surface area contributed by atoms with E-state index in [4.69, 9.17) is 4.98 Å². The summed E-state index contributed by atoms with van der Waals surface area (Å²) in [5, 5.41) is 10.9. The van der Waals surface area contributed by atoms with Gasteiger partial charge in [0.15, 0.2) is 0 Å². The molecule has 0 radical (unpaired) electrons. The van der Waals surface area contributed by atoms with Gasteiger partial charge in [-0.15, -0.1) is 0 Å². The number of amides is 1. The molecule has 1 aliphatic heterocycles. The van der Waals surface area contributed by atoms with Crippen LogP contribution in [-0.4, -0.2) is 51.7 Å². The van der Waals surface area contributed by atoms with Gasteiger partial charge in [0.25, 0.3) is 0 Å². The van der Waals surface area contributed by atoms with E-state index in [-0.39, 0.29) is 17.7 Å². The van der Waals surface area contributed by atoms with Crippen LogP contribution in [0.4, 0.5) is 0 Å². The molecule has 1 aromatic heterocycles. The van der Waals surface area contributed by atoms with Crippen LogP contribution >= 0.6 is 0 Å². The molecule has 1 amide bonds. The Morgan fingerprint density at radius 3 is 2.57 bits per heavy atom. The fraction of sp³-hybridized carbons (Fsp3) is 0.414. The predicted molar refractivity (Wildman–Crippen MR) is 142 cm³/mol. The first-order valence-corrected chi connectivity index (χ1v) is 12.3. The van der Waals surface area contributed by atoms with E-state index in [1.807, 2.05) is 57.0 Å². The van der Waals surface area contributed by atoms with Crippen LogP contribution in [-0.2, 0) is 22.6 Å². The summed E-state index contributed by atoms with van der Waals surface area (Å²) in [7, 11) is 2.04. The highest BCUT2D eigenvalue weighted by molar-refractivity contribution is 5.88. The third-order valence-electron chi connectivity index (χ3n) is 6.78. The van der Waals surface area contributed by atoms with E-state index in [2.05, 4.69) is 11.0 Å². The monoisotopic (exact) mass is 475 g/mol. The van der Waals surface area contributed by atoms with Gasteiger partial charge in [-0.2, -0.15) is 0 Å². The molecule has 0 spiro atoms. The number of carbonyl (C=O) groups is 2. The standard InChI is InChI=1S/C29H37N3O3/c1-7-23(35)13-12-22(18-33)20(4)16-28-29-26(17-31(28)6)24(14-15-32(19(2)3)21(5)34)25-10-8-9-11-27(25)30-29/h7-11,16,18-19,35H,12-15,17H2,1-6H3/b22-20-,23-7+,28-16-. The fourth-order valence-electron chi connectivity index (χ4n) is 4.73. The van der Waals surface area contributed by atoms with E-state index >= 15 is 0 Å². The number of carbonyl (C=O) groups excluding carboxylic acids is 2. The van der Waals surface area contributed by atoms with Crippen molar-refractivity contribution in [3.8, 4) is 0 Å². The molecular formula is C29H37N3O3. The molecular weight excluding hydrogens is 438 g/mol. The molecule has 0 bridgehead atoms. The van der Waals surface area contributed by atoms with Gasteiger partial charge in [-0.1, -0.05) is 18.2 Å². The summed E-state index contributed by atoms with van der Waals surface area (Å²) in [5.41, 5.74) is 6.78. The fourth-order valence-corrected chi connectivity index (χ4v) is 4.73. The van der Waals surface area contributed by atoms with Crippen molar-refractivity contribution in [1.82, 2.24) is 14.8 Å². The molecule has 1 aliphatic rings. The summed E-state index contributed by atoms with van der Waals surface area (Å²) < 4.78 is 0. The first-order valence-electron chi connectivity index (χ1n) is 12.3. The average molecular weight is 476 g/mol. The Morgan fingerprint density at radius 2 is 1.94 bits per heavy atom. The zero-order valence-electron chi connectivity index (χ0n) is 21.8. The van der Waals surface area contributed by atoms with Gasteiger partial charge in [0, 0.05) is 50.5 Å². The molecule has 0 saturated carbocycles. The zero-order chi connectivity index (χ0) is 25.7. The van der Waals surface area contributed by atoms with E-state index in [0.29, 0.717) is 25.0 Å². The molecule has 1 N–H and O–H groups in total. The predicted octanol–water partition coefficient (Wildman–Crippen LogP) is 5.58. The molecule has 0 fully saturated rings. The Bertz CT molecular complexity index is 1210. The van der Waals surface area contributed by atoms with Crippen LogP contribution < -0.4 is 0 Å². The Labute approximate surface area is 208 Å². The number of nitrogens with zero attached hydrogens (tertiary/aromatic N) is 3. The number of pyridine rings is 1. The van der Waals surface area contributed by atoms with E-state index < -0.39 is 0 Å². The Balaban J connectivity index is 2.07. The molecule has 0 atom stereocenters. The van der Waals surface area contributed by atoms with Crippen LogP contribution in [0, 0.1) is 0 Å². The van der Waals surface area contributed by atoms with E-state index in [0.717, 1.165) is 47.1 Å². The van der Waals surface area contributed by atoms with Gasteiger partial charge in [0.05, 0.1) is 22.7 Å². The number of aromatic nitrogens is 1. The molecule has 3 rings (SSSR count). The largest absolute Gasteiger partial charge is 0.513 e. The summed E-state index contributed by atoms with van der Waals surface area (Å²) in [6, 6.07) is 8.30. The molecule has 0 aliphatic carbocycles. The molecule has 0 saturated heterocycles. The lowest BCUT2D eigenvalue weighted by atomic mass is 9.97. The number of hydrogen-bond donors (Lipinski definition) is 1. The highest BCUT2D eigenvalue weighted by Crippen LogP contribution is 2.37. The zero-order valence-corrected chi connectivity index (χ0v) is 21.8. The minimum absolute atomic E-state index is 0.0822. The van der Waals surface area contributed by atoms with Crippen molar-refractivity contribution < 1.29 is 14.7 Å². The summed E-state index contributed by atoms with van der Waals surface area (Å²) in [6.45, 7) is 10.8. The van der Waals surface area contributed by atoms with E-state index in [1.54, 1.807) is 19.9 Å². The third-order valence-corrected chi connectivity index (χ3v) is 6.78. The first-order chi connectivity index (χ1) is 16.7. The number of aliphatic hydroxyl groups is 1. The van der Waals surface area contributed by atoms with Gasteiger partial charge in [0.2, 0.25) is 5.91 Å². The van der Waals surface area contributed by atoms with E-state index in [1.165, 1.54) is 11.1 Å². The van der Waals surface area contributed by atoms with Gasteiger partial charge in [-0.3, -0.25) is 9.59 Å². The second-order valence-corrected chi connectivity index (χ2v) is 9.48. The Morgan fingerprint density at radius 1 is 1.23 bits per heavy atom. The maximum absolute atomic E-state index is 12.2. The van der Waals surface area contributed by atoms with Crippen LogP contribution in [0.15, 0.2) is 53.3 Å². The smallest absolute Gasteiger partial charge is 0.219 e. The van der Waals surface area contributed by atoms with Crippen molar-refractivity contribution in [3.05, 3.63) is 70.1 Å². The SMILES string of the molecule is C/C=C(/O)CC/C(C=O)=C(C)/C=C1/c2nc3ccccc3c(CCN(C(C)=O)C(C)C)c2CN1C. The number of aldehydes is 1. The van der Waals surface area contributed by atoms with Crippen molar-refractivity contribution in [1.29, 1.82) is 0 Å². The summed E-state index contributed by atoms with van der Waals surface area (Å²) >= 11 is 0. The van der Waals surface area contributed by atoms with Crippen molar-refractivity contribution >= 4 is 28.8 Å². The number of aliphatic hydroxyl groups excluding tert-OH is 1. The Hall–Kier alpha value is -3.41. The molecule has 0 unspecified atom stereocenters. The second kappa shape index (κ2) is 11.3. The molecule has 1 aromatic carbocycles. The maximum Gasteiger partial charge on any atom is 0.219 e. The lowest BCUT2D eigenvalue weighted by molar-refractivity contribution is -0.130. The van der Waals surface area contributed by atoms with Crippen LogP contribution in [0.2, 0.25) is 0 Å². The van der Waals surface area contributed by atoms with Gasteiger partial charge in [-0.05, 0) is 75.5 Å². The summed E-state index contributed by atoms with van der Waals surface area (Å²) in [4.78, 5) is 33.1. The number of hydrogen-bond acceptors (Lipinski definition) is 5. The number of rotatable bonds is 9. The normalized spacial score (nSPS) is 15.6. The lowest BCUT2D eigenvalue weighted by Crippen LogP contribution is -2.36. The van der Waals surface area contributed by atoms with Crippen molar-refractivity contribution in [2.24, 2.45) is 0 Å². The molecule has 6 heteroatoms. The van der Waals surface area contributed by atoms with Gasteiger partial charge < -0.3 is 14.9 Å². The topological polar surface area (TPSA) is 73.7 Å². The van der Waals surface area contributed by atoms with Crippen molar-refractivity contribution in [2.45, 2.75) is 66.5 Å². The molecule has 2 heterocycles. The number of para-hydroxylation sites is 1. The first kappa shape index (κ1) is 26.2. The van der Waals surface area contributed by atoms with Crippen LogP contribution in [0.25, 0.3) is 16.6 Å². The lowest BCUT2D eigenvalue weighted by Gasteiger charge is -2.26. The van der Waals surface area contributed by atoms with Crippen molar-refractivity contribution in [3.63, 3.8) is 0 Å². The Kier molecular flexibility index (Phi) is 8.49. The minimum atomic E-state index is 0.0822. The second-order valence-electron chi connectivity index (χ2n) is 9.48. The van der Waals surface area contributed by atoms with Crippen molar-refractivity contribution in [2.75, 3.05) is 13.6 Å².